The average Bonchev–Trinajstić information content (AvgIpc) is 3.67. The van der Waals surface area contributed by atoms with Gasteiger partial charge in [-0.05, 0) is 90.0 Å². The molecule has 1 aliphatic heterocycles. The molecule has 0 spiro atoms. The van der Waals surface area contributed by atoms with Crippen LogP contribution in [0.2, 0.25) is 0 Å². The van der Waals surface area contributed by atoms with Gasteiger partial charge in [0.1, 0.15) is 11.6 Å². The SMILES string of the molecule is c1ccc(-n2c3ccccc3c3cc(-c4ccc5c(c4)c4ccccc4n5-c4cc5c6c(cccc6n4)Oc4ncccc4-5)ccc32)cc1. The summed E-state index contributed by atoms with van der Waals surface area (Å²) in [6.07, 6.45) is 1.77. The maximum absolute atomic E-state index is 6.19. The number of hydrogen-bond acceptors (Lipinski definition) is 3. The van der Waals surface area contributed by atoms with E-state index in [4.69, 9.17) is 9.72 Å². The summed E-state index contributed by atoms with van der Waals surface area (Å²) in [6.45, 7) is 0. The van der Waals surface area contributed by atoms with E-state index in [-0.39, 0.29) is 0 Å². The first-order valence-electron chi connectivity index (χ1n) is 16.5. The molecule has 49 heavy (non-hydrogen) atoms. The maximum Gasteiger partial charge on any atom is 0.227 e. The number of aromatic nitrogens is 4. The lowest BCUT2D eigenvalue weighted by atomic mass is 9.99. The van der Waals surface area contributed by atoms with Gasteiger partial charge in [-0.25, -0.2) is 9.97 Å². The molecule has 0 radical (unpaired) electrons. The molecule has 10 aromatic rings. The van der Waals surface area contributed by atoms with Gasteiger partial charge in [-0.15, -0.1) is 0 Å². The van der Waals surface area contributed by atoms with Crippen molar-refractivity contribution in [3.8, 4) is 45.4 Å². The number of fused-ring (bicyclic) bond motifs is 8. The zero-order chi connectivity index (χ0) is 32.1. The molecule has 0 fully saturated rings. The number of hydrogen-bond donors (Lipinski definition) is 0. The Morgan fingerprint density at radius 3 is 1.88 bits per heavy atom. The highest BCUT2D eigenvalue weighted by atomic mass is 16.5. The summed E-state index contributed by atoms with van der Waals surface area (Å²) >= 11 is 0. The van der Waals surface area contributed by atoms with E-state index in [1.54, 1.807) is 6.20 Å². The molecule has 0 saturated carbocycles. The van der Waals surface area contributed by atoms with Gasteiger partial charge >= 0.3 is 0 Å². The molecule has 1 aliphatic rings. The van der Waals surface area contributed by atoms with Gasteiger partial charge in [-0.1, -0.05) is 72.8 Å². The molecule has 228 valence electrons. The topological polar surface area (TPSA) is 44.9 Å². The molecule has 5 heteroatoms. The number of para-hydroxylation sites is 3. The summed E-state index contributed by atoms with van der Waals surface area (Å²) in [7, 11) is 0. The van der Waals surface area contributed by atoms with E-state index in [1.807, 2.05) is 18.2 Å². The predicted octanol–water partition coefficient (Wildman–Crippen LogP) is 11.3. The molecule has 0 aliphatic carbocycles. The second kappa shape index (κ2) is 9.89. The maximum atomic E-state index is 6.19. The van der Waals surface area contributed by atoms with Crippen LogP contribution in [0.3, 0.4) is 0 Å². The van der Waals surface area contributed by atoms with E-state index in [9.17, 15) is 0 Å². The highest BCUT2D eigenvalue weighted by molar-refractivity contribution is 6.13. The normalized spacial score (nSPS) is 12.2. The fraction of sp³-hybridized carbons (Fsp3) is 0. The Hall–Kier alpha value is -6.72. The van der Waals surface area contributed by atoms with Crippen LogP contribution < -0.4 is 4.74 Å². The van der Waals surface area contributed by atoms with Gasteiger partial charge in [0, 0.05) is 44.6 Å². The summed E-state index contributed by atoms with van der Waals surface area (Å²) in [5, 5.41) is 5.88. The second-order valence-corrected chi connectivity index (χ2v) is 12.6. The van der Waals surface area contributed by atoms with Crippen molar-refractivity contribution in [1.82, 2.24) is 19.1 Å². The number of pyridine rings is 2. The molecular formula is C44H26N4O. The van der Waals surface area contributed by atoms with E-state index < -0.39 is 0 Å². The molecule has 5 heterocycles. The van der Waals surface area contributed by atoms with Crippen LogP contribution in [0.5, 0.6) is 11.6 Å². The van der Waals surface area contributed by atoms with Gasteiger partial charge in [0.15, 0.2) is 0 Å². The predicted molar refractivity (Wildman–Crippen MR) is 199 cm³/mol. The molecule has 0 amide bonds. The van der Waals surface area contributed by atoms with Crippen molar-refractivity contribution in [1.29, 1.82) is 0 Å². The highest BCUT2D eigenvalue weighted by Gasteiger charge is 2.24. The number of rotatable bonds is 3. The largest absolute Gasteiger partial charge is 0.438 e. The van der Waals surface area contributed by atoms with Gasteiger partial charge in [-0.3, -0.25) is 4.57 Å². The third-order valence-corrected chi connectivity index (χ3v) is 9.97. The van der Waals surface area contributed by atoms with Crippen molar-refractivity contribution in [3.05, 3.63) is 158 Å². The quantitative estimate of drug-likeness (QED) is 0.196. The van der Waals surface area contributed by atoms with E-state index in [0.29, 0.717) is 5.88 Å². The Morgan fingerprint density at radius 1 is 0.469 bits per heavy atom. The van der Waals surface area contributed by atoms with E-state index >= 15 is 0 Å². The first-order valence-corrected chi connectivity index (χ1v) is 16.5. The summed E-state index contributed by atoms with van der Waals surface area (Å²) < 4.78 is 10.8. The van der Waals surface area contributed by atoms with Gasteiger partial charge < -0.3 is 9.30 Å². The molecule has 0 saturated heterocycles. The summed E-state index contributed by atoms with van der Waals surface area (Å²) in [5.74, 6) is 2.27. The van der Waals surface area contributed by atoms with Crippen LogP contribution in [0.1, 0.15) is 0 Å². The minimum Gasteiger partial charge on any atom is -0.438 e. The Morgan fingerprint density at radius 2 is 1.12 bits per heavy atom. The van der Waals surface area contributed by atoms with Crippen molar-refractivity contribution in [2.24, 2.45) is 0 Å². The van der Waals surface area contributed by atoms with E-state index in [0.717, 1.165) is 50.3 Å². The standard InChI is InChI=1S/C44H26N4O/c1-2-10-29(11-3-1)47-37-16-6-4-12-30(37)33-24-27(19-21-39(33)47)28-20-22-40-34(25-28)31-13-5-7-17-38(31)48(40)42-26-35-32-14-9-23-45-44(32)49-41-18-8-15-36(46-42)43(35)41/h1-26H. The Kier molecular flexibility index (Phi) is 5.32. The van der Waals surface area contributed by atoms with Gasteiger partial charge in [0.25, 0.3) is 0 Å². The van der Waals surface area contributed by atoms with E-state index in [2.05, 4.69) is 148 Å². The highest BCUT2D eigenvalue weighted by Crippen LogP contribution is 2.46. The lowest BCUT2D eigenvalue weighted by molar-refractivity contribution is 0.467. The summed E-state index contributed by atoms with van der Waals surface area (Å²) in [6, 6.07) is 53.9. The van der Waals surface area contributed by atoms with Gasteiger partial charge in [0.05, 0.1) is 33.0 Å². The van der Waals surface area contributed by atoms with Crippen molar-refractivity contribution in [2.45, 2.75) is 0 Å². The van der Waals surface area contributed by atoms with E-state index in [1.165, 1.54) is 43.7 Å². The fourth-order valence-electron chi connectivity index (χ4n) is 7.84. The summed E-state index contributed by atoms with van der Waals surface area (Å²) in [4.78, 5) is 9.76. The second-order valence-electron chi connectivity index (χ2n) is 12.6. The monoisotopic (exact) mass is 626 g/mol. The summed E-state index contributed by atoms with van der Waals surface area (Å²) in [5.41, 5.74) is 11.1. The molecule has 4 aromatic heterocycles. The molecule has 0 atom stereocenters. The van der Waals surface area contributed by atoms with Crippen LogP contribution in [-0.4, -0.2) is 19.1 Å². The van der Waals surface area contributed by atoms with Crippen molar-refractivity contribution >= 4 is 54.5 Å². The first-order chi connectivity index (χ1) is 24.3. The van der Waals surface area contributed by atoms with Crippen LogP contribution >= 0.6 is 0 Å². The van der Waals surface area contributed by atoms with Gasteiger partial charge in [0.2, 0.25) is 5.88 Å². The zero-order valence-corrected chi connectivity index (χ0v) is 26.2. The van der Waals surface area contributed by atoms with Crippen molar-refractivity contribution in [2.75, 3.05) is 0 Å². The zero-order valence-electron chi connectivity index (χ0n) is 26.2. The smallest absolute Gasteiger partial charge is 0.227 e. The van der Waals surface area contributed by atoms with Crippen LogP contribution in [-0.2, 0) is 0 Å². The Balaban J connectivity index is 1.12. The molecule has 6 aromatic carbocycles. The minimum absolute atomic E-state index is 0.621. The number of benzene rings is 6. The average molecular weight is 627 g/mol. The number of nitrogens with zero attached hydrogens (tertiary/aromatic N) is 4. The lowest BCUT2D eigenvalue weighted by Gasteiger charge is -2.21. The van der Waals surface area contributed by atoms with Crippen molar-refractivity contribution in [3.63, 3.8) is 0 Å². The molecule has 5 nitrogen and oxygen atoms in total. The molecule has 0 unspecified atom stereocenters. The Labute approximate surface area is 280 Å². The Bertz CT molecular complexity index is 2970. The third-order valence-electron chi connectivity index (χ3n) is 9.97. The molecule has 11 rings (SSSR count). The molecular weight excluding hydrogens is 601 g/mol. The number of ether oxygens (including phenoxy) is 1. The van der Waals surface area contributed by atoms with Crippen LogP contribution in [0.25, 0.3) is 88.3 Å². The first kappa shape index (κ1) is 26.4. The van der Waals surface area contributed by atoms with Crippen LogP contribution in [0.15, 0.2) is 158 Å². The minimum atomic E-state index is 0.621. The molecule has 0 N–H and O–H groups in total. The lowest BCUT2D eigenvalue weighted by Crippen LogP contribution is -2.03. The molecule has 0 bridgehead atoms. The van der Waals surface area contributed by atoms with Crippen LogP contribution in [0.4, 0.5) is 0 Å². The van der Waals surface area contributed by atoms with Crippen molar-refractivity contribution < 1.29 is 4.74 Å². The third kappa shape index (κ3) is 3.75. The van der Waals surface area contributed by atoms with Crippen LogP contribution in [0, 0.1) is 0 Å². The van der Waals surface area contributed by atoms with Gasteiger partial charge in [-0.2, -0.15) is 0 Å². The fourth-order valence-corrected chi connectivity index (χ4v) is 7.84.